The normalized spacial score (nSPS) is 15.0. The molecule has 32 heavy (non-hydrogen) atoms. The lowest BCUT2D eigenvalue weighted by molar-refractivity contribution is -0.122. The molecule has 1 aliphatic rings. The van der Waals surface area contributed by atoms with Gasteiger partial charge in [0.1, 0.15) is 12.0 Å². The molecule has 0 saturated heterocycles. The van der Waals surface area contributed by atoms with Crippen LogP contribution in [0.2, 0.25) is 0 Å². The first kappa shape index (κ1) is 21.6. The van der Waals surface area contributed by atoms with E-state index < -0.39 is 18.0 Å². The Kier molecular flexibility index (Phi) is 6.81. The summed E-state index contributed by atoms with van der Waals surface area (Å²) in [7, 11) is 0. The molecule has 2 heterocycles. The van der Waals surface area contributed by atoms with Crippen molar-refractivity contribution in [2.24, 2.45) is 0 Å². The molecule has 166 valence electrons. The first-order chi connectivity index (χ1) is 15.6. The van der Waals surface area contributed by atoms with Gasteiger partial charge in [0, 0.05) is 18.5 Å². The Hall–Kier alpha value is -3.65. The smallest absolute Gasteiger partial charge is 0.413 e. The van der Waals surface area contributed by atoms with E-state index in [0.717, 1.165) is 28.1 Å². The standard InChI is InChI=1S/C24H25N3O5/c1-2-30-24(29)27-22(28)21-13-17-8-9-20(12-18(17)14-25-21)31-11-10-19-15-32-23(26-19)16-6-4-3-5-7-16/h3-9,12,15,21,25H,2,10-11,13-14H2,1H3,(H,27,28,29). The molecular formula is C24H25N3O5. The summed E-state index contributed by atoms with van der Waals surface area (Å²) in [5, 5.41) is 5.40. The monoisotopic (exact) mass is 435 g/mol. The van der Waals surface area contributed by atoms with Crippen LogP contribution < -0.4 is 15.4 Å². The van der Waals surface area contributed by atoms with Crippen LogP contribution >= 0.6 is 0 Å². The van der Waals surface area contributed by atoms with Gasteiger partial charge in [0.25, 0.3) is 0 Å². The van der Waals surface area contributed by atoms with Crippen molar-refractivity contribution < 1.29 is 23.5 Å². The summed E-state index contributed by atoms with van der Waals surface area (Å²) in [5.41, 5.74) is 3.88. The van der Waals surface area contributed by atoms with Crippen LogP contribution in [0.4, 0.5) is 4.79 Å². The van der Waals surface area contributed by atoms with Crippen LogP contribution in [-0.4, -0.2) is 36.2 Å². The van der Waals surface area contributed by atoms with Gasteiger partial charge in [0.2, 0.25) is 11.8 Å². The number of hydrogen-bond donors (Lipinski definition) is 2. The zero-order valence-electron chi connectivity index (χ0n) is 17.8. The van der Waals surface area contributed by atoms with E-state index in [2.05, 4.69) is 15.6 Å². The topological polar surface area (TPSA) is 103 Å². The van der Waals surface area contributed by atoms with Gasteiger partial charge in [-0.15, -0.1) is 0 Å². The zero-order chi connectivity index (χ0) is 22.3. The van der Waals surface area contributed by atoms with E-state index in [4.69, 9.17) is 13.9 Å². The summed E-state index contributed by atoms with van der Waals surface area (Å²) in [6.45, 7) is 2.88. The fourth-order valence-corrected chi connectivity index (χ4v) is 3.53. The van der Waals surface area contributed by atoms with E-state index in [0.29, 0.717) is 31.9 Å². The molecular weight excluding hydrogens is 410 g/mol. The van der Waals surface area contributed by atoms with Gasteiger partial charge in [-0.3, -0.25) is 10.1 Å². The number of alkyl carbamates (subject to hydrolysis) is 1. The van der Waals surface area contributed by atoms with Crippen molar-refractivity contribution in [1.82, 2.24) is 15.6 Å². The Morgan fingerprint density at radius 1 is 1.19 bits per heavy atom. The minimum atomic E-state index is -0.725. The van der Waals surface area contributed by atoms with Gasteiger partial charge in [-0.1, -0.05) is 24.3 Å². The summed E-state index contributed by atoms with van der Waals surface area (Å²) in [6, 6.07) is 15.1. The van der Waals surface area contributed by atoms with Crippen LogP contribution in [0.1, 0.15) is 23.7 Å². The Morgan fingerprint density at radius 2 is 2.03 bits per heavy atom. The molecule has 1 aromatic heterocycles. The lowest BCUT2D eigenvalue weighted by atomic mass is 9.95. The Morgan fingerprint density at radius 3 is 2.84 bits per heavy atom. The van der Waals surface area contributed by atoms with Crippen molar-refractivity contribution >= 4 is 12.0 Å². The van der Waals surface area contributed by atoms with Crippen LogP contribution in [-0.2, 0) is 28.9 Å². The molecule has 4 rings (SSSR count). The molecule has 0 fully saturated rings. The van der Waals surface area contributed by atoms with Crippen molar-refractivity contribution in [3.63, 3.8) is 0 Å². The highest BCUT2D eigenvalue weighted by Gasteiger charge is 2.26. The maximum Gasteiger partial charge on any atom is 0.413 e. The maximum absolute atomic E-state index is 12.2. The minimum Gasteiger partial charge on any atom is -0.493 e. The van der Waals surface area contributed by atoms with Crippen molar-refractivity contribution in [1.29, 1.82) is 0 Å². The molecule has 1 unspecified atom stereocenters. The number of carbonyl (C=O) groups excluding carboxylic acids is 2. The predicted molar refractivity (Wildman–Crippen MR) is 117 cm³/mol. The molecule has 8 heteroatoms. The molecule has 2 N–H and O–H groups in total. The number of fused-ring (bicyclic) bond motifs is 1. The van der Waals surface area contributed by atoms with Crippen LogP contribution in [0, 0.1) is 0 Å². The molecule has 2 aromatic carbocycles. The largest absolute Gasteiger partial charge is 0.493 e. The molecule has 0 saturated carbocycles. The molecule has 0 spiro atoms. The summed E-state index contributed by atoms with van der Waals surface area (Å²) >= 11 is 0. The first-order valence-corrected chi connectivity index (χ1v) is 10.6. The third kappa shape index (κ3) is 5.33. The zero-order valence-corrected chi connectivity index (χ0v) is 17.8. The highest BCUT2D eigenvalue weighted by atomic mass is 16.5. The second-order valence-corrected chi connectivity index (χ2v) is 7.39. The third-order valence-corrected chi connectivity index (χ3v) is 5.16. The molecule has 0 bridgehead atoms. The van der Waals surface area contributed by atoms with Gasteiger partial charge in [-0.05, 0) is 48.7 Å². The Balaban J connectivity index is 1.29. The van der Waals surface area contributed by atoms with Crippen LogP contribution in [0.25, 0.3) is 11.5 Å². The second-order valence-electron chi connectivity index (χ2n) is 7.39. The number of hydrogen-bond acceptors (Lipinski definition) is 7. The van der Waals surface area contributed by atoms with E-state index in [-0.39, 0.29) is 6.61 Å². The van der Waals surface area contributed by atoms with Gasteiger partial charge in [-0.2, -0.15) is 0 Å². The minimum absolute atomic E-state index is 0.216. The van der Waals surface area contributed by atoms with Crippen molar-refractivity contribution in [3.8, 4) is 17.2 Å². The number of imide groups is 1. The summed E-state index contributed by atoms with van der Waals surface area (Å²) in [4.78, 5) is 28.2. The molecule has 1 atom stereocenters. The van der Waals surface area contributed by atoms with Gasteiger partial charge < -0.3 is 19.2 Å². The average molecular weight is 435 g/mol. The highest BCUT2D eigenvalue weighted by Crippen LogP contribution is 2.23. The van der Waals surface area contributed by atoms with E-state index in [1.807, 2.05) is 48.5 Å². The first-order valence-electron chi connectivity index (χ1n) is 10.6. The summed E-state index contributed by atoms with van der Waals surface area (Å²) < 4.78 is 16.2. The van der Waals surface area contributed by atoms with E-state index >= 15 is 0 Å². The summed E-state index contributed by atoms with van der Waals surface area (Å²) in [6.07, 6.45) is 2.05. The number of aromatic nitrogens is 1. The van der Waals surface area contributed by atoms with Crippen molar-refractivity contribution in [2.75, 3.05) is 13.2 Å². The van der Waals surface area contributed by atoms with Crippen molar-refractivity contribution in [2.45, 2.75) is 32.4 Å². The molecule has 0 radical (unpaired) electrons. The Labute approximate surface area is 185 Å². The van der Waals surface area contributed by atoms with Gasteiger partial charge in [-0.25, -0.2) is 9.78 Å². The predicted octanol–water partition coefficient (Wildman–Crippen LogP) is 3.25. The number of rotatable bonds is 7. The van der Waals surface area contributed by atoms with E-state index in [9.17, 15) is 9.59 Å². The highest BCUT2D eigenvalue weighted by molar-refractivity contribution is 5.95. The molecule has 1 aliphatic heterocycles. The number of nitrogens with one attached hydrogen (secondary N) is 2. The molecule has 0 aliphatic carbocycles. The average Bonchev–Trinajstić information content (AvgIpc) is 3.28. The van der Waals surface area contributed by atoms with Gasteiger partial charge in [0.15, 0.2) is 0 Å². The van der Waals surface area contributed by atoms with Gasteiger partial charge in [0.05, 0.1) is 24.9 Å². The molecule has 2 amide bonds. The SMILES string of the molecule is CCOC(=O)NC(=O)C1Cc2ccc(OCCc3coc(-c4ccccc4)n3)cc2CN1. The summed E-state index contributed by atoms with van der Waals surface area (Å²) in [5.74, 6) is 0.964. The molecule has 3 aromatic rings. The van der Waals surface area contributed by atoms with Crippen LogP contribution in [0.5, 0.6) is 5.75 Å². The lowest BCUT2D eigenvalue weighted by Crippen LogP contribution is -2.49. The van der Waals surface area contributed by atoms with Gasteiger partial charge >= 0.3 is 6.09 Å². The number of oxazole rings is 1. The number of ether oxygens (including phenoxy) is 2. The fourth-order valence-electron chi connectivity index (χ4n) is 3.53. The third-order valence-electron chi connectivity index (χ3n) is 5.16. The number of carbonyl (C=O) groups is 2. The molecule has 8 nitrogen and oxygen atoms in total. The van der Waals surface area contributed by atoms with Crippen LogP contribution in [0.3, 0.4) is 0 Å². The lowest BCUT2D eigenvalue weighted by Gasteiger charge is -2.25. The Bertz CT molecular complexity index is 1080. The number of benzene rings is 2. The van der Waals surface area contributed by atoms with E-state index in [1.54, 1.807) is 13.2 Å². The maximum atomic E-state index is 12.2. The van der Waals surface area contributed by atoms with Crippen LogP contribution in [0.15, 0.2) is 59.2 Å². The number of amides is 2. The fraction of sp³-hybridized carbons (Fsp3) is 0.292. The quantitative estimate of drug-likeness (QED) is 0.587. The second kappa shape index (κ2) is 10.1. The van der Waals surface area contributed by atoms with E-state index in [1.165, 1.54) is 0 Å². The van der Waals surface area contributed by atoms with Crippen molar-refractivity contribution in [3.05, 3.63) is 71.6 Å². The number of nitrogens with zero attached hydrogens (tertiary/aromatic N) is 1.